The van der Waals surface area contributed by atoms with Crippen molar-refractivity contribution in [2.75, 3.05) is 5.73 Å². The van der Waals surface area contributed by atoms with Crippen LogP contribution >= 0.6 is 0 Å². The van der Waals surface area contributed by atoms with Gasteiger partial charge in [-0.1, -0.05) is 30.3 Å². The highest BCUT2D eigenvalue weighted by molar-refractivity contribution is 5.83. The van der Waals surface area contributed by atoms with Gasteiger partial charge < -0.3 is 10.5 Å². The Kier molecular flexibility index (Phi) is 2.95. The number of nitrogens with two attached hydrogens (primary N) is 1. The molecule has 0 atom stereocenters. The maximum absolute atomic E-state index is 13.5. The number of aromatic nitrogens is 1. The highest BCUT2D eigenvalue weighted by Gasteiger charge is 2.12. The van der Waals surface area contributed by atoms with E-state index in [0.717, 1.165) is 10.8 Å². The van der Waals surface area contributed by atoms with Crippen LogP contribution in [0.15, 0.2) is 48.5 Å². The SMILES string of the molecule is Nc1nc(Oc2ccc3ccccc3c2)c(F)cc1F. The number of hydrogen-bond donors (Lipinski definition) is 1. The van der Waals surface area contributed by atoms with Crippen LogP contribution in [0, 0.1) is 11.6 Å². The quantitative estimate of drug-likeness (QED) is 0.770. The standard InChI is InChI=1S/C15H10F2N2O/c16-12-8-13(17)15(19-14(12)18)20-11-6-5-9-3-1-2-4-10(9)7-11/h1-8H,(H2,18,19). The van der Waals surface area contributed by atoms with Gasteiger partial charge in [-0.2, -0.15) is 4.98 Å². The molecule has 0 saturated heterocycles. The van der Waals surface area contributed by atoms with E-state index in [4.69, 9.17) is 10.5 Å². The molecule has 0 aliphatic heterocycles. The molecule has 0 bridgehead atoms. The van der Waals surface area contributed by atoms with Crippen molar-refractivity contribution in [3.63, 3.8) is 0 Å². The molecule has 0 amide bonds. The zero-order valence-corrected chi connectivity index (χ0v) is 10.3. The number of ether oxygens (including phenoxy) is 1. The average molecular weight is 272 g/mol. The van der Waals surface area contributed by atoms with Crippen molar-refractivity contribution < 1.29 is 13.5 Å². The van der Waals surface area contributed by atoms with Gasteiger partial charge in [-0.3, -0.25) is 0 Å². The number of fused-ring (bicyclic) bond motifs is 1. The normalized spacial score (nSPS) is 10.7. The third-order valence-corrected chi connectivity index (χ3v) is 2.86. The van der Waals surface area contributed by atoms with Crippen LogP contribution < -0.4 is 10.5 Å². The number of pyridine rings is 1. The predicted octanol–water partition coefficient (Wildman–Crippen LogP) is 3.89. The Morgan fingerprint density at radius 2 is 1.65 bits per heavy atom. The van der Waals surface area contributed by atoms with E-state index in [-0.39, 0.29) is 5.88 Å². The van der Waals surface area contributed by atoms with Crippen molar-refractivity contribution in [3.8, 4) is 11.6 Å². The lowest BCUT2D eigenvalue weighted by molar-refractivity contribution is 0.419. The summed E-state index contributed by atoms with van der Waals surface area (Å²) < 4.78 is 31.9. The highest BCUT2D eigenvalue weighted by atomic mass is 19.1. The third-order valence-electron chi connectivity index (χ3n) is 2.86. The van der Waals surface area contributed by atoms with Crippen LogP contribution in [0.4, 0.5) is 14.6 Å². The maximum Gasteiger partial charge on any atom is 0.258 e. The van der Waals surface area contributed by atoms with E-state index in [0.29, 0.717) is 11.8 Å². The predicted molar refractivity (Wildman–Crippen MR) is 72.6 cm³/mol. The van der Waals surface area contributed by atoms with Gasteiger partial charge in [-0.05, 0) is 22.9 Å². The topological polar surface area (TPSA) is 48.1 Å². The van der Waals surface area contributed by atoms with Crippen molar-refractivity contribution in [2.45, 2.75) is 0 Å². The molecule has 3 nitrogen and oxygen atoms in total. The lowest BCUT2D eigenvalue weighted by Gasteiger charge is -2.08. The van der Waals surface area contributed by atoms with E-state index in [1.54, 1.807) is 12.1 Å². The number of nitrogens with zero attached hydrogens (tertiary/aromatic N) is 1. The van der Waals surface area contributed by atoms with Gasteiger partial charge in [0.25, 0.3) is 5.88 Å². The summed E-state index contributed by atoms with van der Waals surface area (Å²) in [6.45, 7) is 0. The van der Waals surface area contributed by atoms with E-state index in [1.807, 2.05) is 30.3 Å². The molecule has 2 aromatic carbocycles. The van der Waals surface area contributed by atoms with Crippen molar-refractivity contribution in [3.05, 3.63) is 60.2 Å². The molecule has 1 aromatic heterocycles. The summed E-state index contributed by atoms with van der Waals surface area (Å²) in [5, 5.41) is 1.98. The van der Waals surface area contributed by atoms with Crippen LogP contribution in [0.25, 0.3) is 10.8 Å². The average Bonchev–Trinajstić information content (AvgIpc) is 2.44. The van der Waals surface area contributed by atoms with Crippen LogP contribution in [-0.4, -0.2) is 4.98 Å². The lowest BCUT2D eigenvalue weighted by Crippen LogP contribution is -2.00. The van der Waals surface area contributed by atoms with Gasteiger partial charge >= 0.3 is 0 Å². The van der Waals surface area contributed by atoms with Gasteiger partial charge in [-0.15, -0.1) is 0 Å². The van der Waals surface area contributed by atoms with Crippen molar-refractivity contribution >= 4 is 16.6 Å². The fraction of sp³-hybridized carbons (Fsp3) is 0. The van der Waals surface area contributed by atoms with Crippen LogP contribution in [-0.2, 0) is 0 Å². The molecule has 5 heteroatoms. The number of anilines is 1. The molecule has 1 heterocycles. The monoisotopic (exact) mass is 272 g/mol. The van der Waals surface area contributed by atoms with Crippen LogP contribution in [0.2, 0.25) is 0 Å². The fourth-order valence-corrected chi connectivity index (χ4v) is 1.88. The summed E-state index contributed by atoms with van der Waals surface area (Å²) in [5.74, 6) is -2.15. The molecule has 2 N–H and O–H groups in total. The molecule has 0 unspecified atom stereocenters. The summed E-state index contributed by atoms with van der Waals surface area (Å²) in [5.41, 5.74) is 5.30. The van der Waals surface area contributed by atoms with Crippen LogP contribution in [0.5, 0.6) is 11.6 Å². The molecule has 0 fully saturated rings. The van der Waals surface area contributed by atoms with Crippen molar-refractivity contribution in [1.82, 2.24) is 4.98 Å². The Balaban J connectivity index is 1.99. The largest absolute Gasteiger partial charge is 0.436 e. The summed E-state index contributed by atoms with van der Waals surface area (Å²) in [4.78, 5) is 3.55. The first-order valence-electron chi connectivity index (χ1n) is 5.91. The third kappa shape index (κ3) is 2.25. The zero-order chi connectivity index (χ0) is 14.1. The Labute approximate surface area is 113 Å². The van der Waals surface area contributed by atoms with Crippen molar-refractivity contribution in [1.29, 1.82) is 0 Å². The minimum Gasteiger partial charge on any atom is -0.436 e. The Morgan fingerprint density at radius 1 is 0.900 bits per heavy atom. The smallest absolute Gasteiger partial charge is 0.258 e. The highest BCUT2D eigenvalue weighted by Crippen LogP contribution is 2.27. The van der Waals surface area contributed by atoms with Gasteiger partial charge in [-0.25, -0.2) is 8.78 Å². The second kappa shape index (κ2) is 4.77. The lowest BCUT2D eigenvalue weighted by atomic mass is 10.1. The number of benzene rings is 2. The number of hydrogen-bond acceptors (Lipinski definition) is 3. The van der Waals surface area contributed by atoms with Gasteiger partial charge in [0.15, 0.2) is 17.5 Å². The maximum atomic E-state index is 13.5. The van der Waals surface area contributed by atoms with E-state index >= 15 is 0 Å². The Morgan fingerprint density at radius 3 is 2.45 bits per heavy atom. The Hall–Kier alpha value is -2.69. The van der Waals surface area contributed by atoms with Gasteiger partial charge in [0, 0.05) is 6.07 Å². The molecule has 0 aliphatic carbocycles. The molecule has 0 radical (unpaired) electrons. The second-order valence-electron chi connectivity index (χ2n) is 4.25. The number of nitrogen functional groups attached to an aromatic ring is 1. The molecule has 0 saturated carbocycles. The Bertz CT molecular complexity index is 790. The molecule has 3 rings (SSSR count). The molecule has 100 valence electrons. The second-order valence-corrected chi connectivity index (χ2v) is 4.25. The van der Waals surface area contributed by atoms with Crippen LogP contribution in [0.1, 0.15) is 0 Å². The number of rotatable bonds is 2. The molecular weight excluding hydrogens is 262 g/mol. The zero-order valence-electron chi connectivity index (χ0n) is 10.3. The summed E-state index contributed by atoms with van der Waals surface area (Å²) in [6, 6.07) is 13.6. The van der Waals surface area contributed by atoms with Gasteiger partial charge in [0.1, 0.15) is 5.75 Å². The fourth-order valence-electron chi connectivity index (χ4n) is 1.88. The van der Waals surface area contributed by atoms with Crippen molar-refractivity contribution in [2.24, 2.45) is 0 Å². The molecule has 20 heavy (non-hydrogen) atoms. The minimum atomic E-state index is -0.909. The summed E-state index contributed by atoms with van der Waals surface area (Å²) >= 11 is 0. The first-order valence-corrected chi connectivity index (χ1v) is 5.91. The number of halogens is 2. The summed E-state index contributed by atoms with van der Waals surface area (Å²) in [7, 11) is 0. The van der Waals surface area contributed by atoms with Gasteiger partial charge in [0.05, 0.1) is 0 Å². The summed E-state index contributed by atoms with van der Waals surface area (Å²) in [6.07, 6.45) is 0. The first-order chi connectivity index (χ1) is 9.63. The van der Waals surface area contributed by atoms with Gasteiger partial charge in [0.2, 0.25) is 0 Å². The van der Waals surface area contributed by atoms with Crippen LogP contribution in [0.3, 0.4) is 0 Å². The van der Waals surface area contributed by atoms with E-state index in [9.17, 15) is 8.78 Å². The molecular formula is C15H10F2N2O. The molecule has 3 aromatic rings. The molecule has 0 aliphatic rings. The first kappa shape index (κ1) is 12.3. The van der Waals surface area contributed by atoms with E-state index in [1.165, 1.54) is 0 Å². The van der Waals surface area contributed by atoms with E-state index in [2.05, 4.69) is 4.98 Å². The van der Waals surface area contributed by atoms with E-state index < -0.39 is 17.5 Å². The minimum absolute atomic E-state index is 0.348. The molecule has 0 spiro atoms.